The van der Waals surface area contributed by atoms with Gasteiger partial charge in [-0.05, 0) is 15.9 Å². The Morgan fingerprint density at radius 1 is 1.35 bits per heavy atom. The van der Waals surface area contributed by atoms with E-state index in [1.54, 1.807) is 6.20 Å². The molecule has 1 saturated heterocycles. The Morgan fingerprint density at radius 3 is 2.88 bits per heavy atom. The molecule has 2 aromatic heterocycles. The third-order valence-electron chi connectivity index (χ3n) is 2.80. The molecule has 7 heteroatoms. The molecule has 0 radical (unpaired) electrons. The van der Waals surface area contributed by atoms with Crippen LogP contribution in [0.3, 0.4) is 0 Å². The Labute approximate surface area is 109 Å². The number of rotatable bonds is 1. The quantitative estimate of drug-likeness (QED) is 0.790. The Balaban J connectivity index is 2.04. The molecule has 0 bridgehead atoms. The number of anilines is 1. The van der Waals surface area contributed by atoms with Crippen molar-refractivity contribution in [2.45, 2.75) is 0 Å². The lowest BCUT2D eigenvalue weighted by molar-refractivity contribution is 0.672. The van der Waals surface area contributed by atoms with Crippen molar-refractivity contribution in [1.29, 1.82) is 0 Å². The molecule has 0 aliphatic carbocycles. The topological polar surface area (TPSA) is 50.5 Å². The zero-order chi connectivity index (χ0) is 11.8. The first kappa shape index (κ1) is 11.2. The van der Waals surface area contributed by atoms with Gasteiger partial charge in [-0.3, -0.25) is 4.21 Å². The monoisotopic (exact) mass is 314 g/mol. The molecular formula is C10H11BrN4OS. The van der Waals surface area contributed by atoms with Crippen LogP contribution in [-0.4, -0.2) is 43.2 Å². The Hall–Kier alpha value is -0.950. The van der Waals surface area contributed by atoms with E-state index in [0.717, 1.165) is 29.2 Å². The van der Waals surface area contributed by atoms with Gasteiger partial charge in [0.2, 0.25) is 0 Å². The molecule has 3 rings (SSSR count). The van der Waals surface area contributed by atoms with Crippen LogP contribution in [0.15, 0.2) is 23.2 Å². The van der Waals surface area contributed by atoms with Crippen molar-refractivity contribution in [2.75, 3.05) is 29.5 Å². The predicted octanol–water partition coefficient (Wildman–Crippen LogP) is 1.06. The van der Waals surface area contributed by atoms with Gasteiger partial charge in [0.05, 0.1) is 0 Å². The maximum Gasteiger partial charge on any atom is 0.180 e. The molecule has 0 N–H and O–H groups in total. The second-order valence-electron chi connectivity index (χ2n) is 3.88. The minimum Gasteiger partial charge on any atom is -0.352 e. The SMILES string of the molecule is O=S1CCN(c2nc(Br)cn3ccnc23)CC1. The molecule has 1 aliphatic rings. The first-order valence-electron chi connectivity index (χ1n) is 5.33. The lowest BCUT2D eigenvalue weighted by Crippen LogP contribution is -2.38. The van der Waals surface area contributed by atoms with Crippen molar-refractivity contribution >= 4 is 38.2 Å². The number of aromatic nitrogens is 3. The normalized spacial score (nSPS) is 17.8. The molecule has 90 valence electrons. The lowest BCUT2D eigenvalue weighted by atomic mass is 10.4. The van der Waals surface area contributed by atoms with E-state index in [1.807, 2.05) is 16.8 Å². The van der Waals surface area contributed by atoms with Gasteiger partial charge in [-0.15, -0.1) is 0 Å². The number of nitrogens with zero attached hydrogens (tertiary/aromatic N) is 4. The maximum absolute atomic E-state index is 11.4. The van der Waals surface area contributed by atoms with Crippen LogP contribution in [0.25, 0.3) is 5.65 Å². The molecule has 0 aromatic carbocycles. The van der Waals surface area contributed by atoms with E-state index in [9.17, 15) is 4.21 Å². The van der Waals surface area contributed by atoms with Gasteiger partial charge in [0.25, 0.3) is 0 Å². The third-order valence-corrected chi connectivity index (χ3v) is 4.46. The Kier molecular flexibility index (Phi) is 2.87. The van der Waals surface area contributed by atoms with Crippen LogP contribution < -0.4 is 4.90 Å². The largest absolute Gasteiger partial charge is 0.352 e. The molecule has 0 atom stereocenters. The Bertz CT molecular complexity index is 575. The highest BCUT2D eigenvalue weighted by Gasteiger charge is 2.19. The van der Waals surface area contributed by atoms with Crippen LogP contribution in [0.1, 0.15) is 0 Å². The molecule has 0 spiro atoms. The fourth-order valence-electron chi connectivity index (χ4n) is 1.95. The van der Waals surface area contributed by atoms with Gasteiger partial charge in [-0.1, -0.05) is 0 Å². The first-order valence-corrected chi connectivity index (χ1v) is 7.61. The van der Waals surface area contributed by atoms with Crippen molar-refractivity contribution in [3.63, 3.8) is 0 Å². The predicted molar refractivity (Wildman–Crippen MR) is 70.8 cm³/mol. The van der Waals surface area contributed by atoms with Crippen molar-refractivity contribution in [2.24, 2.45) is 0 Å². The summed E-state index contributed by atoms with van der Waals surface area (Å²) in [5.41, 5.74) is 0.848. The fraction of sp³-hybridized carbons (Fsp3) is 0.400. The van der Waals surface area contributed by atoms with Crippen LogP contribution in [-0.2, 0) is 10.8 Å². The van der Waals surface area contributed by atoms with Gasteiger partial charge in [-0.2, -0.15) is 0 Å². The molecule has 0 amide bonds. The minimum absolute atomic E-state index is 0.673. The summed E-state index contributed by atoms with van der Waals surface area (Å²) in [5, 5.41) is 0. The molecule has 2 aromatic rings. The zero-order valence-corrected chi connectivity index (χ0v) is 11.4. The van der Waals surface area contributed by atoms with Gasteiger partial charge < -0.3 is 9.30 Å². The highest BCUT2D eigenvalue weighted by molar-refractivity contribution is 9.10. The summed E-state index contributed by atoms with van der Waals surface area (Å²) in [7, 11) is -0.673. The van der Waals surface area contributed by atoms with Crippen LogP contribution in [0.2, 0.25) is 0 Å². The summed E-state index contributed by atoms with van der Waals surface area (Å²) in [5.74, 6) is 2.28. The summed E-state index contributed by atoms with van der Waals surface area (Å²) < 4.78 is 14.1. The molecule has 1 aliphatic heterocycles. The lowest BCUT2D eigenvalue weighted by Gasteiger charge is -2.27. The highest BCUT2D eigenvalue weighted by Crippen LogP contribution is 2.22. The molecule has 0 saturated carbocycles. The highest BCUT2D eigenvalue weighted by atomic mass is 79.9. The summed E-state index contributed by atoms with van der Waals surface area (Å²) >= 11 is 3.40. The molecule has 17 heavy (non-hydrogen) atoms. The van der Waals surface area contributed by atoms with E-state index in [4.69, 9.17) is 0 Å². The summed E-state index contributed by atoms with van der Waals surface area (Å²) in [6, 6.07) is 0. The number of imidazole rings is 1. The number of halogens is 1. The average molecular weight is 315 g/mol. The van der Waals surface area contributed by atoms with Gasteiger partial charge in [0.15, 0.2) is 11.5 Å². The molecule has 1 fully saturated rings. The van der Waals surface area contributed by atoms with E-state index < -0.39 is 10.8 Å². The van der Waals surface area contributed by atoms with Crippen molar-refractivity contribution in [1.82, 2.24) is 14.4 Å². The van der Waals surface area contributed by atoms with E-state index in [2.05, 4.69) is 30.8 Å². The molecule has 3 heterocycles. The first-order chi connectivity index (χ1) is 8.24. The summed E-state index contributed by atoms with van der Waals surface area (Å²) in [6.07, 6.45) is 5.54. The van der Waals surface area contributed by atoms with Gasteiger partial charge in [0, 0.05) is 54.0 Å². The summed E-state index contributed by atoms with van der Waals surface area (Å²) in [4.78, 5) is 10.9. The van der Waals surface area contributed by atoms with Gasteiger partial charge >= 0.3 is 0 Å². The van der Waals surface area contributed by atoms with Crippen LogP contribution in [0.5, 0.6) is 0 Å². The minimum atomic E-state index is -0.673. The van der Waals surface area contributed by atoms with E-state index in [-0.39, 0.29) is 0 Å². The zero-order valence-electron chi connectivity index (χ0n) is 9.04. The summed E-state index contributed by atoms with van der Waals surface area (Å²) in [6.45, 7) is 1.55. The molecule has 0 unspecified atom stereocenters. The Morgan fingerprint density at radius 2 is 2.12 bits per heavy atom. The van der Waals surface area contributed by atoms with Crippen LogP contribution in [0, 0.1) is 0 Å². The standard InChI is InChI=1S/C10H11BrN4OS/c11-8-7-15-2-1-12-9(15)10(13-8)14-3-5-17(16)6-4-14/h1-2,7H,3-6H2. The van der Waals surface area contributed by atoms with Crippen molar-refractivity contribution in [3.8, 4) is 0 Å². The van der Waals surface area contributed by atoms with Crippen LogP contribution in [0.4, 0.5) is 5.82 Å². The fourth-order valence-corrected chi connectivity index (χ4v) is 3.39. The number of hydrogen-bond donors (Lipinski definition) is 0. The average Bonchev–Trinajstić information content (AvgIpc) is 2.77. The van der Waals surface area contributed by atoms with E-state index >= 15 is 0 Å². The van der Waals surface area contributed by atoms with Gasteiger partial charge in [0.1, 0.15) is 4.60 Å². The molecule has 5 nitrogen and oxygen atoms in total. The molecular weight excluding hydrogens is 304 g/mol. The maximum atomic E-state index is 11.4. The second kappa shape index (κ2) is 4.38. The van der Waals surface area contributed by atoms with Crippen LogP contribution >= 0.6 is 15.9 Å². The third kappa shape index (κ3) is 2.09. The van der Waals surface area contributed by atoms with Crippen molar-refractivity contribution < 1.29 is 4.21 Å². The van der Waals surface area contributed by atoms with E-state index in [0.29, 0.717) is 11.5 Å². The second-order valence-corrected chi connectivity index (χ2v) is 6.39. The smallest absolute Gasteiger partial charge is 0.180 e. The van der Waals surface area contributed by atoms with Crippen molar-refractivity contribution in [3.05, 3.63) is 23.2 Å². The number of hydrogen-bond acceptors (Lipinski definition) is 4. The van der Waals surface area contributed by atoms with Gasteiger partial charge in [-0.25, -0.2) is 9.97 Å². The number of fused-ring (bicyclic) bond motifs is 1. The van der Waals surface area contributed by atoms with E-state index in [1.165, 1.54) is 0 Å².